The van der Waals surface area contributed by atoms with Crippen LogP contribution in [0.25, 0.3) is 55.2 Å². The molecule has 1 atom stereocenters. The van der Waals surface area contributed by atoms with Gasteiger partial charge in [0.1, 0.15) is 0 Å². The van der Waals surface area contributed by atoms with Crippen LogP contribution in [0.2, 0.25) is 0 Å². The average Bonchev–Trinajstić information content (AvgIpc) is 2.87. The van der Waals surface area contributed by atoms with Crippen molar-refractivity contribution in [2.24, 2.45) is 0 Å². The molecule has 154 valence electrons. The largest absolute Gasteiger partial charge is 0.294 e. The second kappa shape index (κ2) is 6.88. The molecular weight excluding hydrogens is 400 g/mol. The summed E-state index contributed by atoms with van der Waals surface area (Å²) in [6.07, 6.45) is 7.72. The summed E-state index contributed by atoms with van der Waals surface area (Å²) in [5, 5.41) is 10.6. The van der Waals surface area contributed by atoms with Gasteiger partial charge in [0.05, 0.1) is 5.92 Å². The van der Waals surface area contributed by atoms with Crippen molar-refractivity contribution < 1.29 is 4.79 Å². The molecule has 0 heterocycles. The lowest BCUT2D eigenvalue weighted by molar-refractivity contribution is -0.115. The number of ketones is 1. The highest BCUT2D eigenvalue weighted by molar-refractivity contribution is 6.22. The van der Waals surface area contributed by atoms with Gasteiger partial charge in [-0.3, -0.25) is 4.79 Å². The maximum atomic E-state index is 11.9. The highest BCUT2D eigenvalue weighted by Gasteiger charge is 2.27. The van der Waals surface area contributed by atoms with Gasteiger partial charge >= 0.3 is 0 Å². The molecule has 1 unspecified atom stereocenters. The van der Waals surface area contributed by atoms with Gasteiger partial charge in [-0.05, 0) is 65.9 Å². The maximum absolute atomic E-state index is 11.9. The summed E-state index contributed by atoms with van der Waals surface area (Å²) in [5.41, 5.74) is 3.59. The first-order valence-electron chi connectivity index (χ1n) is 11.4. The van der Waals surface area contributed by atoms with Gasteiger partial charge in [0, 0.05) is 0 Å². The fraction of sp³-hybridized carbons (Fsp3) is 0.0312. The van der Waals surface area contributed by atoms with Crippen LogP contribution >= 0.6 is 0 Å². The highest BCUT2D eigenvalue weighted by Crippen LogP contribution is 2.40. The Balaban J connectivity index is 0.000000115. The fourth-order valence-corrected chi connectivity index (χ4v) is 5.55. The van der Waals surface area contributed by atoms with Crippen LogP contribution in [0.5, 0.6) is 0 Å². The minimum atomic E-state index is -0.0754. The molecule has 0 spiro atoms. The Morgan fingerprint density at radius 1 is 0.455 bits per heavy atom. The van der Waals surface area contributed by atoms with Gasteiger partial charge < -0.3 is 0 Å². The van der Waals surface area contributed by atoms with E-state index in [1.807, 2.05) is 12.2 Å². The predicted molar refractivity (Wildman–Crippen MR) is 140 cm³/mol. The molecule has 0 aliphatic heterocycles. The minimum absolute atomic E-state index is 0.0754. The molecule has 2 aliphatic rings. The lowest BCUT2D eigenvalue weighted by Gasteiger charge is -2.24. The van der Waals surface area contributed by atoms with E-state index in [-0.39, 0.29) is 11.7 Å². The molecule has 0 aromatic heterocycles. The van der Waals surface area contributed by atoms with Crippen molar-refractivity contribution in [3.63, 3.8) is 0 Å². The molecule has 8 rings (SSSR count). The number of hydrogen-bond acceptors (Lipinski definition) is 1. The van der Waals surface area contributed by atoms with Crippen molar-refractivity contribution in [3.8, 4) is 0 Å². The lowest BCUT2D eigenvalue weighted by atomic mass is 9.78. The lowest BCUT2D eigenvalue weighted by Crippen LogP contribution is -2.15. The van der Waals surface area contributed by atoms with E-state index < -0.39 is 0 Å². The Morgan fingerprint density at radius 2 is 0.970 bits per heavy atom. The second-order valence-electron chi connectivity index (χ2n) is 8.88. The van der Waals surface area contributed by atoms with Crippen LogP contribution in [-0.2, 0) is 4.79 Å². The molecule has 0 amide bonds. The summed E-state index contributed by atoms with van der Waals surface area (Å²) in [5.74, 6) is 0.115. The molecule has 0 radical (unpaired) electrons. The quantitative estimate of drug-likeness (QED) is 0.227. The van der Waals surface area contributed by atoms with Gasteiger partial charge in [-0.25, -0.2) is 0 Å². The Hall–Kier alpha value is -4.23. The van der Waals surface area contributed by atoms with Crippen LogP contribution in [-0.4, -0.2) is 5.78 Å². The van der Waals surface area contributed by atoms with E-state index in [0.717, 1.165) is 0 Å². The summed E-state index contributed by atoms with van der Waals surface area (Å²) < 4.78 is 0. The number of hydrogen-bond donors (Lipinski definition) is 0. The van der Waals surface area contributed by atoms with Gasteiger partial charge in [-0.1, -0.05) is 109 Å². The molecule has 1 heteroatoms. The number of rotatable bonds is 0. The van der Waals surface area contributed by atoms with Crippen molar-refractivity contribution in [3.05, 3.63) is 120 Å². The third-order valence-corrected chi connectivity index (χ3v) is 7.06. The molecule has 6 aromatic carbocycles. The summed E-state index contributed by atoms with van der Waals surface area (Å²) in [7, 11) is 0. The molecule has 1 nitrogen and oxygen atoms in total. The van der Waals surface area contributed by atoms with E-state index >= 15 is 0 Å². The van der Waals surface area contributed by atoms with Gasteiger partial charge in [-0.2, -0.15) is 0 Å². The Labute approximate surface area is 191 Å². The molecule has 2 aliphatic carbocycles. The summed E-state index contributed by atoms with van der Waals surface area (Å²) in [6.45, 7) is 0. The van der Waals surface area contributed by atoms with Gasteiger partial charge in [-0.15, -0.1) is 0 Å². The van der Waals surface area contributed by atoms with Crippen molar-refractivity contribution in [1.29, 1.82) is 0 Å². The minimum Gasteiger partial charge on any atom is -0.294 e. The molecule has 33 heavy (non-hydrogen) atoms. The molecule has 0 bridgehead atoms. The third kappa shape index (κ3) is 2.69. The van der Waals surface area contributed by atoms with E-state index in [2.05, 4.69) is 97.1 Å². The van der Waals surface area contributed by atoms with Crippen molar-refractivity contribution in [2.45, 2.75) is 5.92 Å². The summed E-state index contributed by atoms with van der Waals surface area (Å²) in [6, 6.07) is 32.4. The van der Waals surface area contributed by atoms with E-state index in [1.165, 1.54) is 59.8 Å². The Kier molecular flexibility index (Phi) is 3.83. The predicted octanol–water partition coefficient (Wildman–Crippen LogP) is 8.13. The number of allylic oxidation sites excluding steroid dienone is 2. The molecule has 0 N–H and O–H groups in total. The van der Waals surface area contributed by atoms with Crippen LogP contribution in [0.1, 0.15) is 22.6 Å². The first-order chi connectivity index (χ1) is 16.3. The molecule has 0 fully saturated rings. The zero-order chi connectivity index (χ0) is 21.9. The maximum Gasteiger partial charge on any atom is 0.166 e. The third-order valence-electron chi connectivity index (χ3n) is 7.06. The SMILES string of the molecule is O=C1C=Cc2ccc3cccc4c3c2C1C=C4.c1cc2ccc3cccc4ccc(c1)c2c34. The van der Waals surface area contributed by atoms with Gasteiger partial charge in [0.25, 0.3) is 0 Å². The van der Waals surface area contributed by atoms with E-state index in [1.54, 1.807) is 6.08 Å². The normalized spacial score (nSPS) is 16.0. The van der Waals surface area contributed by atoms with Crippen LogP contribution in [0.4, 0.5) is 0 Å². The highest BCUT2D eigenvalue weighted by atomic mass is 16.1. The van der Waals surface area contributed by atoms with Crippen molar-refractivity contribution >= 4 is 61.0 Å². The van der Waals surface area contributed by atoms with Crippen LogP contribution in [0, 0.1) is 0 Å². The standard InChI is InChI=1S/C16H10O.C16H10/c17-14-9-7-12-5-4-10-2-1-3-11-6-8-13(14)16(12)15(10)11;1-3-11-7-9-13-5-2-6-14-10-8-12(4-1)15(11)16(13)14/h1-9,13H;1-10H. The number of benzene rings is 6. The Morgan fingerprint density at radius 3 is 1.58 bits per heavy atom. The van der Waals surface area contributed by atoms with Crippen LogP contribution < -0.4 is 0 Å². The van der Waals surface area contributed by atoms with Crippen molar-refractivity contribution in [2.75, 3.05) is 0 Å². The first kappa shape index (κ1) is 18.4. The molecule has 0 saturated carbocycles. The van der Waals surface area contributed by atoms with Gasteiger partial charge in [0.2, 0.25) is 0 Å². The molecule has 6 aromatic rings. The van der Waals surface area contributed by atoms with Crippen LogP contribution in [0.15, 0.2) is 103 Å². The Bertz CT molecular complexity index is 1650. The molecule has 0 saturated heterocycles. The zero-order valence-electron chi connectivity index (χ0n) is 18.0. The second-order valence-corrected chi connectivity index (χ2v) is 8.88. The monoisotopic (exact) mass is 420 g/mol. The zero-order valence-corrected chi connectivity index (χ0v) is 18.0. The topological polar surface area (TPSA) is 17.1 Å². The van der Waals surface area contributed by atoms with Gasteiger partial charge in [0.15, 0.2) is 5.78 Å². The van der Waals surface area contributed by atoms with E-state index in [9.17, 15) is 4.79 Å². The fourth-order valence-electron chi connectivity index (χ4n) is 5.55. The molecular formula is C32H20O. The summed E-state index contributed by atoms with van der Waals surface area (Å²) >= 11 is 0. The smallest absolute Gasteiger partial charge is 0.166 e. The number of carbonyl (C=O) groups is 1. The number of carbonyl (C=O) groups excluding carboxylic acids is 1. The van der Waals surface area contributed by atoms with E-state index in [4.69, 9.17) is 0 Å². The van der Waals surface area contributed by atoms with Crippen molar-refractivity contribution in [1.82, 2.24) is 0 Å². The van der Waals surface area contributed by atoms with Crippen LogP contribution in [0.3, 0.4) is 0 Å². The average molecular weight is 421 g/mol. The first-order valence-corrected chi connectivity index (χ1v) is 11.4. The van der Waals surface area contributed by atoms with E-state index in [0.29, 0.717) is 0 Å². The summed E-state index contributed by atoms with van der Waals surface area (Å²) in [4.78, 5) is 11.9.